The van der Waals surface area contributed by atoms with Gasteiger partial charge in [0.2, 0.25) is 23.9 Å². The van der Waals surface area contributed by atoms with Crippen molar-refractivity contribution in [2.75, 3.05) is 7.11 Å². The minimum Gasteiger partial charge on any atom is -0.504 e. The molecule has 1 aliphatic heterocycles. The Morgan fingerprint density at radius 1 is 0.897 bits per heavy atom. The number of aliphatic hydroxyl groups is 1. The largest absolute Gasteiger partial charge is 0.504 e. The second kappa shape index (κ2) is 9.32. The Morgan fingerprint density at radius 2 is 1.46 bits per heavy atom. The highest BCUT2D eigenvalue weighted by atomic mass is 16.7. The number of hydrogen-bond acceptors (Lipinski definition) is 14. The summed E-state index contributed by atoms with van der Waals surface area (Å²) >= 11 is 0. The van der Waals surface area contributed by atoms with E-state index in [1.54, 1.807) is 0 Å². The lowest BCUT2D eigenvalue weighted by molar-refractivity contribution is -0.277. The first kappa shape index (κ1) is 26.1. The average molecular weight is 546 g/mol. The van der Waals surface area contributed by atoms with Crippen molar-refractivity contribution in [3.8, 4) is 23.0 Å². The molecule has 4 aromatic rings. The summed E-state index contributed by atoms with van der Waals surface area (Å²) in [5, 5.41) is 31.6. The minimum absolute atomic E-state index is 0.0123. The molecule has 0 saturated carbocycles. The van der Waals surface area contributed by atoms with Crippen LogP contribution in [0.5, 0.6) is 23.0 Å². The third-order valence-corrected chi connectivity index (χ3v) is 6.33. The molecule has 3 heterocycles. The van der Waals surface area contributed by atoms with Crippen molar-refractivity contribution < 1.29 is 57.4 Å². The van der Waals surface area contributed by atoms with Gasteiger partial charge in [0, 0.05) is 24.6 Å². The Bertz CT molecular complexity index is 1730. The lowest BCUT2D eigenvalue weighted by Gasteiger charge is -2.42. The van der Waals surface area contributed by atoms with E-state index in [9.17, 15) is 34.5 Å². The molecule has 5 rings (SSSR count). The fraction of sp³-hybridized carbons (Fsp3) is 0.360. The van der Waals surface area contributed by atoms with Gasteiger partial charge in [-0.1, -0.05) is 0 Å². The van der Waals surface area contributed by atoms with E-state index < -0.39 is 76.7 Å². The highest BCUT2D eigenvalue weighted by Gasteiger charge is 2.49. The number of carbonyl (C=O) groups excluding carboxylic acids is 2. The number of aromatic hydroxyl groups is 2. The zero-order valence-corrected chi connectivity index (χ0v) is 20.9. The van der Waals surface area contributed by atoms with Crippen molar-refractivity contribution in [1.82, 2.24) is 0 Å². The molecule has 14 nitrogen and oxygen atoms in total. The number of rotatable bonds is 5. The molecule has 0 bridgehead atoms. The number of methoxy groups -OCH3 is 1. The van der Waals surface area contributed by atoms with Crippen LogP contribution < -0.4 is 20.7 Å². The van der Waals surface area contributed by atoms with Crippen LogP contribution in [0.1, 0.15) is 20.8 Å². The fourth-order valence-corrected chi connectivity index (χ4v) is 4.67. The first-order chi connectivity index (χ1) is 18.4. The summed E-state index contributed by atoms with van der Waals surface area (Å²) < 4.78 is 37.7. The van der Waals surface area contributed by atoms with Crippen LogP contribution >= 0.6 is 0 Å². The number of ether oxygens (including phenoxy) is 5. The summed E-state index contributed by atoms with van der Waals surface area (Å²) in [6, 6.07) is 2.19. The van der Waals surface area contributed by atoms with Crippen LogP contribution in [0.2, 0.25) is 0 Å². The predicted octanol–water partition coefficient (Wildman–Crippen LogP) is 1.26. The van der Waals surface area contributed by atoms with Gasteiger partial charge < -0.3 is 47.8 Å². The molecule has 206 valence electrons. The third-order valence-electron chi connectivity index (χ3n) is 6.33. The van der Waals surface area contributed by atoms with Crippen molar-refractivity contribution in [3.63, 3.8) is 0 Å². The first-order valence-electron chi connectivity index (χ1n) is 11.6. The van der Waals surface area contributed by atoms with Crippen molar-refractivity contribution in [3.05, 3.63) is 33.0 Å². The Hall–Kier alpha value is -4.56. The number of esters is 2. The molecule has 2 aromatic heterocycles. The molecule has 0 spiro atoms. The van der Waals surface area contributed by atoms with Gasteiger partial charge in [0.25, 0.3) is 0 Å². The highest BCUT2D eigenvalue weighted by Crippen LogP contribution is 2.46. The number of aliphatic hydroxyl groups excluding tert-OH is 1. The lowest BCUT2D eigenvalue weighted by atomic mass is 9.99. The van der Waals surface area contributed by atoms with E-state index >= 15 is 0 Å². The molecular weight excluding hydrogens is 524 g/mol. The topological polar surface area (TPSA) is 201 Å². The molecular formula is C25H22O14. The summed E-state index contributed by atoms with van der Waals surface area (Å²) in [4.78, 5) is 49.4. The van der Waals surface area contributed by atoms with Crippen molar-refractivity contribution >= 4 is 44.6 Å². The van der Waals surface area contributed by atoms with Crippen LogP contribution in [0, 0.1) is 0 Å². The fourth-order valence-electron chi connectivity index (χ4n) is 4.67. The van der Waals surface area contributed by atoms with Crippen LogP contribution in [-0.4, -0.2) is 65.1 Å². The van der Waals surface area contributed by atoms with Crippen molar-refractivity contribution in [2.45, 2.75) is 51.5 Å². The molecule has 0 unspecified atom stereocenters. The van der Waals surface area contributed by atoms with Crippen molar-refractivity contribution in [2.24, 2.45) is 0 Å². The number of carbonyl (C=O) groups is 2. The smallest absolute Gasteiger partial charge is 0.344 e. The van der Waals surface area contributed by atoms with E-state index in [0.717, 1.165) is 19.9 Å². The molecule has 39 heavy (non-hydrogen) atoms. The first-order valence-corrected chi connectivity index (χ1v) is 11.6. The average Bonchev–Trinajstić information content (AvgIpc) is 2.86. The number of benzene rings is 2. The van der Waals surface area contributed by atoms with Gasteiger partial charge in [0.05, 0.1) is 24.0 Å². The Labute approximate surface area is 217 Å². The maximum Gasteiger partial charge on any atom is 0.344 e. The SMILES string of the molecule is COc1cc2c(=O)oc3c(O[C@H]4O[C@@H](C)[C@H](O)[C@@H](OC(C)=O)[C@H]4OC(C)=O)c(O)cc4c(=O)oc(c1O)c2c34. The third kappa shape index (κ3) is 4.13. The number of phenols is 2. The quantitative estimate of drug-likeness (QED) is 0.183. The van der Waals surface area contributed by atoms with E-state index in [0.29, 0.717) is 0 Å². The predicted molar refractivity (Wildman–Crippen MR) is 129 cm³/mol. The second-order valence-electron chi connectivity index (χ2n) is 8.90. The molecule has 1 fully saturated rings. The summed E-state index contributed by atoms with van der Waals surface area (Å²) in [6.45, 7) is 3.59. The second-order valence-corrected chi connectivity index (χ2v) is 8.90. The molecule has 5 atom stereocenters. The molecule has 3 N–H and O–H groups in total. The Balaban J connectivity index is 1.75. The van der Waals surface area contributed by atoms with E-state index in [-0.39, 0.29) is 32.9 Å². The number of hydrogen-bond donors (Lipinski definition) is 3. The van der Waals surface area contributed by atoms with Crippen LogP contribution in [0.15, 0.2) is 30.6 Å². The highest BCUT2D eigenvalue weighted by molar-refractivity contribution is 6.22. The summed E-state index contributed by atoms with van der Waals surface area (Å²) in [6.07, 6.45) is -6.99. The van der Waals surface area contributed by atoms with Crippen LogP contribution in [0.25, 0.3) is 32.7 Å². The summed E-state index contributed by atoms with van der Waals surface area (Å²) in [5.74, 6) is -3.52. The molecule has 0 aliphatic carbocycles. The minimum atomic E-state index is -1.60. The number of phenolic OH excluding ortho intramolecular Hbond substituents is 2. The Kier molecular flexibility index (Phi) is 6.23. The molecule has 1 aliphatic rings. The van der Waals surface area contributed by atoms with Gasteiger partial charge in [-0.25, -0.2) is 9.59 Å². The zero-order valence-electron chi connectivity index (χ0n) is 20.9. The molecule has 0 amide bonds. The van der Waals surface area contributed by atoms with Crippen LogP contribution in [0.4, 0.5) is 0 Å². The van der Waals surface area contributed by atoms with E-state index in [1.807, 2.05) is 0 Å². The maximum atomic E-state index is 13.0. The van der Waals surface area contributed by atoms with Crippen molar-refractivity contribution in [1.29, 1.82) is 0 Å². The summed E-state index contributed by atoms with van der Waals surface area (Å²) in [5.41, 5.74) is -2.72. The zero-order chi connectivity index (χ0) is 28.3. The van der Waals surface area contributed by atoms with Crippen LogP contribution in [-0.2, 0) is 23.8 Å². The molecule has 2 aromatic carbocycles. The standard InChI is InChI=1S/C25H22O14/c1-7-16(29)21(35-8(2)26)22(36-9(3)27)25(34-7)39-18-12(28)5-10-15-14-11(24(32)38-20(15)18)6-13(33-4)17(30)19(14)37-23(10)31/h5-7,16,21-22,25,28-30H,1-4H3/t7-,16-,21+,22+,25+/m0/s1. The van der Waals surface area contributed by atoms with E-state index in [2.05, 4.69) is 0 Å². The molecule has 14 heteroatoms. The Morgan fingerprint density at radius 3 is 2.08 bits per heavy atom. The maximum absolute atomic E-state index is 13.0. The van der Waals surface area contributed by atoms with Crippen LogP contribution in [0.3, 0.4) is 0 Å². The van der Waals surface area contributed by atoms with Gasteiger partial charge in [-0.2, -0.15) is 0 Å². The normalized spacial score (nSPS) is 23.3. The van der Waals surface area contributed by atoms with Gasteiger partial charge in [0.15, 0.2) is 28.8 Å². The van der Waals surface area contributed by atoms with E-state index in [1.165, 1.54) is 20.1 Å². The summed E-state index contributed by atoms with van der Waals surface area (Å²) in [7, 11) is 1.24. The van der Waals surface area contributed by atoms with Gasteiger partial charge in [-0.05, 0) is 19.1 Å². The monoisotopic (exact) mass is 546 g/mol. The molecule has 0 radical (unpaired) electrons. The molecule has 1 saturated heterocycles. The van der Waals surface area contributed by atoms with Gasteiger partial charge in [-0.3, -0.25) is 9.59 Å². The lowest BCUT2D eigenvalue weighted by Crippen LogP contribution is -2.60. The van der Waals surface area contributed by atoms with Gasteiger partial charge >= 0.3 is 23.2 Å². The van der Waals surface area contributed by atoms with Gasteiger partial charge in [-0.15, -0.1) is 0 Å². The van der Waals surface area contributed by atoms with Gasteiger partial charge in [0.1, 0.15) is 6.10 Å². The van der Waals surface area contributed by atoms with E-state index in [4.69, 9.17) is 32.5 Å².